The van der Waals surface area contributed by atoms with E-state index in [1.54, 1.807) is 24.3 Å². The maximum absolute atomic E-state index is 13.0. The number of rotatable bonds is 7. The van der Waals surface area contributed by atoms with Crippen molar-refractivity contribution in [2.24, 2.45) is 5.41 Å². The van der Waals surface area contributed by atoms with Crippen LogP contribution < -0.4 is 10.6 Å². The molecule has 2 aromatic rings. The Morgan fingerprint density at radius 1 is 0.931 bits per heavy atom. The molecule has 1 aliphatic rings. The highest BCUT2D eigenvalue weighted by molar-refractivity contribution is 6.17. The van der Waals surface area contributed by atoms with E-state index in [0.29, 0.717) is 24.1 Å². The topological polar surface area (TPSA) is 84.5 Å². The van der Waals surface area contributed by atoms with Gasteiger partial charge in [-0.25, -0.2) is 4.79 Å². The van der Waals surface area contributed by atoms with E-state index in [1.807, 2.05) is 32.0 Å². The van der Waals surface area contributed by atoms with Crippen molar-refractivity contribution >= 4 is 29.2 Å². The predicted molar refractivity (Wildman–Crippen MR) is 112 cm³/mol. The number of para-hydroxylation sites is 1. The van der Waals surface area contributed by atoms with E-state index in [0.717, 1.165) is 29.7 Å². The lowest BCUT2D eigenvalue weighted by Crippen LogP contribution is -2.36. The molecule has 2 N–H and O–H groups in total. The molecule has 0 unspecified atom stereocenters. The van der Waals surface area contributed by atoms with Crippen molar-refractivity contribution in [3.8, 4) is 0 Å². The molecule has 0 aromatic heterocycles. The van der Waals surface area contributed by atoms with Crippen LogP contribution >= 0.6 is 0 Å². The first-order valence-electron chi connectivity index (χ1n) is 9.87. The van der Waals surface area contributed by atoms with Gasteiger partial charge in [-0.05, 0) is 55.0 Å². The zero-order valence-electron chi connectivity index (χ0n) is 17.0. The molecule has 0 atom stereocenters. The minimum atomic E-state index is -1.08. The fraction of sp³-hybridized carbons (Fsp3) is 0.348. The predicted octanol–water partition coefficient (Wildman–Crippen LogP) is 3.96. The van der Waals surface area contributed by atoms with Gasteiger partial charge >= 0.3 is 5.97 Å². The van der Waals surface area contributed by atoms with Gasteiger partial charge in [0.05, 0.1) is 12.7 Å². The van der Waals surface area contributed by atoms with E-state index in [-0.39, 0.29) is 11.8 Å². The molecule has 1 fully saturated rings. The molecule has 29 heavy (non-hydrogen) atoms. The number of nitrogens with one attached hydrogen (secondary N) is 2. The number of carbonyl (C=O) groups excluding carboxylic acids is 3. The van der Waals surface area contributed by atoms with Crippen LogP contribution in [0, 0.1) is 5.41 Å². The minimum absolute atomic E-state index is 0.283. The van der Waals surface area contributed by atoms with Crippen LogP contribution in [0.3, 0.4) is 0 Å². The number of ether oxygens (including phenoxy) is 1. The van der Waals surface area contributed by atoms with Gasteiger partial charge in [-0.2, -0.15) is 0 Å². The Morgan fingerprint density at radius 3 is 2.07 bits per heavy atom. The summed E-state index contributed by atoms with van der Waals surface area (Å²) in [5.41, 5.74) is 2.64. The van der Waals surface area contributed by atoms with Crippen LogP contribution in [0.1, 0.15) is 48.2 Å². The molecule has 1 aliphatic carbocycles. The first-order chi connectivity index (χ1) is 13.9. The fourth-order valence-corrected chi connectivity index (χ4v) is 3.41. The first-order valence-corrected chi connectivity index (χ1v) is 9.87. The lowest BCUT2D eigenvalue weighted by Gasteiger charge is -2.19. The van der Waals surface area contributed by atoms with Crippen LogP contribution in [-0.4, -0.2) is 24.9 Å². The van der Waals surface area contributed by atoms with Gasteiger partial charge in [0, 0.05) is 11.4 Å². The zero-order valence-corrected chi connectivity index (χ0v) is 17.0. The van der Waals surface area contributed by atoms with Gasteiger partial charge in [0.15, 0.2) is 0 Å². The Hall–Kier alpha value is -3.15. The molecular weight excluding hydrogens is 368 g/mol. The lowest BCUT2D eigenvalue weighted by molar-refractivity contribution is -0.131. The summed E-state index contributed by atoms with van der Waals surface area (Å²) in [6.07, 6.45) is 2.58. The van der Waals surface area contributed by atoms with Crippen LogP contribution in [0.25, 0.3) is 0 Å². The van der Waals surface area contributed by atoms with Crippen molar-refractivity contribution in [3.05, 3.63) is 59.2 Å². The molecule has 0 aliphatic heterocycles. The molecule has 0 saturated heterocycles. The number of carbonyl (C=O) groups is 3. The Labute approximate surface area is 170 Å². The third-order valence-electron chi connectivity index (χ3n) is 5.40. The molecule has 1 saturated carbocycles. The van der Waals surface area contributed by atoms with Crippen LogP contribution in [0.4, 0.5) is 11.4 Å². The minimum Gasteiger partial charge on any atom is -0.465 e. The van der Waals surface area contributed by atoms with Crippen molar-refractivity contribution in [1.82, 2.24) is 0 Å². The summed E-state index contributed by atoms with van der Waals surface area (Å²) in [5.74, 6) is -1.12. The number of benzene rings is 2. The molecule has 0 bridgehead atoms. The normalized spacial score (nSPS) is 14.0. The van der Waals surface area contributed by atoms with E-state index in [1.165, 1.54) is 7.11 Å². The van der Waals surface area contributed by atoms with Crippen LogP contribution in [0.15, 0.2) is 42.5 Å². The monoisotopic (exact) mass is 394 g/mol. The van der Waals surface area contributed by atoms with Gasteiger partial charge in [0.1, 0.15) is 5.41 Å². The summed E-state index contributed by atoms with van der Waals surface area (Å²) in [4.78, 5) is 37.6. The van der Waals surface area contributed by atoms with Gasteiger partial charge in [-0.1, -0.05) is 38.1 Å². The maximum atomic E-state index is 13.0. The van der Waals surface area contributed by atoms with Crippen molar-refractivity contribution in [3.63, 3.8) is 0 Å². The summed E-state index contributed by atoms with van der Waals surface area (Å²) in [7, 11) is 1.30. The maximum Gasteiger partial charge on any atom is 0.337 e. The van der Waals surface area contributed by atoms with Crippen molar-refractivity contribution in [2.75, 3.05) is 17.7 Å². The smallest absolute Gasteiger partial charge is 0.337 e. The van der Waals surface area contributed by atoms with Crippen LogP contribution in [0.2, 0.25) is 0 Å². The van der Waals surface area contributed by atoms with Gasteiger partial charge in [-0.15, -0.1) is 0 Å². The number of amides is 2. The number of esters is 1. The number of hydrogen-bond donors (Lipinski definition) is 2. The molecule has 0 heterocycles. The number of aryl methyl sites for hydroxylation is 2. The average molecular weight is 394 g/mol. The van der Waals surface area contributed by atoms with Crippen LogP contribution in [-0.2, 0) is 27.2 Å². The number of hydrogen-bond acceptors (Lipinski definition) is 4. The first kappa shape index (κ1) is 20.6. The third kappa shape index (κ3) is 4.16. The molecule has 3 rings (SSSR count). The largest absolute Gasteiger partial charge is 0.465 e. The highest BCUT2D eigenvalue weighted by atomic mass is 16.5. The number of methoxy groups -OCH3 is 1. The van der Waals surface area contributed by atoms with Crippen molar-refractivity contribution in [1.29, 1.82) is 0 Å². The van der Waals surface area contributed by atoms with Gasteiger partial charge < -0.3 is 15.4 Å². The lowest BCUT2D eigenvalue weighted by atomic mass is 10.00. The standard InChI is InChI=1S/C23H26N2O4/c1-4-15-8-6-9-16(5-2)19(15)25-22(28)23(12-13-23)21(27)24-18-11-7-10-17(14-18)20(26)29-3/h6-11,14H,4-5,12-13H2,1-3H3,(H,24,27)(H,25,28). The SMILES string of the molecule is CCc1cccc(CC)c1NC(=O)C1(C(=O)Nc2cccc(C(=O)OC)c2)CC1. The Balaban J connectivity index is 1.77. The summed E-state index contributed by atoms with van der Waals surface area (Å²) in [6.45, 7) is 4.08. The van der Waals surface area contributed by atoms with E-state index >= 15 is 0 Å². The summed E-state index contributed by atoms with van der Waals surface area (Å²) < 4.78 is 4.71. The summed E-state index contributed by atoms with van der Waals surface area (Å²) in [5, 5.41) is 5.80. The molecule has 0 radical (unpaired) electrons. The summed E-state index contributed by atoms with van der Waals surface area (Å²) in [6, 6.07) is 12.5. The Bertz CT molecular complexity index is 925. The molecule has 0 spiro atoms. The molecular formula is C23H26N2O4. The molecule has 6 nitrogen and oxygen atoms in total. The third-order valence-corrected chi connectivity index (χ3v) is 5.40. The highest BCUT2D eigenvalue weighted by Gasteiger charge is 2.56. The fourth-order valence-electron chi connectivity index (χ4n) is 3.41. The van der Waals surface area contributed by atoms with E-state index in [9.17, 15) is 14.4 Å². The second kappa shape index (κ2) is 8.47. The highest BCUT2D eigenvalue weighted by Crippen LogP contribution is 2.48. The van der Waals surface area contributed by atoms with Gasteiger partial charge in [-0.3, -0.25) is 9.59 Å². The molecule has 2 aromatic carbocycles. The zero-order chi connectivity index (χ0) is 21.0. The van der Waals surface area contributed by atoms with Crippen molar-refractivity contribution < 1.29 is 19.1 Å². The van der Waals surface area contributed by atoms with Gasteiger partial charge in [0.25, 0.3) is 0 Å². The molecule has 2 amide bonds. The van der Waals surface area contributed by atoms with Crippen molar-refractivity contribution in [2.45, 2.75) is 39.5 Å². The summed E-state index contributed by atoms with van der Waals surface area (Å²) >= 11 is 0. The number of anilines is 2. The van der Waals surface area contributed by atoms with E-state index in [4.69, 9.17) is 4.74 Å². The van der Waals surface area contributed by atoms with Crippen LogP contribution in [0.5, 0.6) is 0 Å². The van der Waals surface area contributed by atoms with Gasteiger partial charge in [0.2, 0.25) is 11.8 Å². The Morgan fingerprint density at radius 2 is 1.52 bits per heavy atom. The second-order valence-electron chi connectivity index (χ2n) is 7.22. The second-order valence-corrected chi connectivity index (χ2v) is 7.22. The quantitative estimate of drug-likeness (QED) is 0.550. The molecule has 152 valence electrons. The Kier molecular flexibility index (Phi) is 6.01. The average Bonchev–Trinajstić information content (AvgIpc) is 3.55. The van der Waals surface area contributed by atoms with E-state index < -0.39 is 11.4 Å². The van der Waals surface area contributed by atoms with E-state index in [2.05, 4.69) is 10.6 Å². The molecule has 6 heteroatoms.